The van der Waals surface area contributed by atoms with E-state index in [1.165, 1.54) is 0 Å². The lowest BCUT2D eigenvalue weighted by Crippen LogP contribution is -2.50. The Hall–Kier alpha value is -5.33. The Kier molecular flexibility index (Phi) is 9.41. The number of fused-ring (bicyclic) bond motifs is 1. The van der Waals surface area contributed by atoms with Gasteiger partial charge in [-0.25, -0.2) is 9.78 Å². The van der Waals surface area contributed by atoms with E-state index in [0.717, 1.165) is 53.0 Å². The molecule has 0 bridgehead atoms. The summed E-state index contributed by atoms with van der Waals surface area (Å²) in [4.78, 5) is 21.1. The van der Waals surface area contributed by atoms with Crippen molar-refractivity contribution in [3.05, 3.63) is 102 Å². The van der Waals surface area contributed by atoms with E-state index in [9.17, 15) is 10.1 Å². The second kappa shape index (κ2) is 14.0. The Morgan fingerprint density at radius 2 is 1.62 bits per heavy atom. The third-order valence-corrected chi connectivity index (χ3v) is 8.02. The lowest BCUT2D eigenvalue weighted by Gasteiger charge is -2.35. The highest BCUT2D eigenvalue weighted by Gasteiger charge is 2.27. The van der Waals surface area contributed by atoms with Crippen LogP contribution < -0.4 is 10.1 Å². The molecule has 47 heavy (non-hydrogen) atoms. The first-order chi connectivity index (χ1) is 22.8. The van der Waals surface area contributed by atoms with Crippen molar-refractivity contribution in [3.63, 3.8) is 0 Å². The molecule has 0 unspecified atom stereocenters. The average molecular weight is 630 g/mol. The van der Waals surface area contributed by atoms with Gasteiger partial charge in [-0.15, -0.1) is 0 Å². The molecule has 9 heteroatoms. The van der Waals surface area contributed by atoms with Crippen molar-refractivity contribution >= 4 is 22.9 Å². The number of carbonyl (C=O) groups is 1. The Balaban J connectivity index is 1.23. The van der Waals surface area contributed by atoms with Gasteiger partial charge in [-0.3, -0.25) is 4.90 Å². The van der Waals surface area contributed by atoms with Crippen LogP contribution in [0, 0.1) is 11.3 Å². The third-order valence-electron chi connectivity index (χ3n) is 8.02. The highest BCUT2D eigenvalue weighted by molar-refractivity contribution is 6.08. The highest BCUT2D eigenvalue weighted by Crippen LogP contribution is 2.44. The van der Waals surface area contributed by atoms with E-state index in [0.29, 0.717) is 49.0 Å². The number of pyridine rings is 1. The maximum Gasteiger partial charge on any atom is 0.410 e. The van der Waals surface area contributed by atoms with Gasteiger partial charge in [-0.1, -0.05) is 60.7 Å². The van der Waals surface area contributed by atoms with Gasteiger partial charge >= 0.3 is 6.09 Å². The van der Waals surface area contributed by atoms with Crippen molar-refractivity contribution < 1.29 is 18.7 Å². The van der Waals surface area contributed by atoms with Crippen molar-refractivity contribution in [2.75, 3.05) is 44.6 Å². The lowest BCUT2D eigenvalue weighted by molar-refractivity contribution is 0.0148. The van der Waals surface area contributed by atoms with Crippen LogP contribution in [0.3, 0.4) is 0 Å². The van der Waals surface area contributed by atoms with Crippen LogP contribution in [0.15, 0.2) is 95.5 Å². The van der Waals surface area contributed by atoms with Crippen molar-refractivity contribution in [1.82, 2.24) is 14.8 Å². The molecule has 2 aromatic heterocycles. The molecule has 6 rings (SSSR count). The van der Waals surface area contributed by atoms with E-state index in [-0.39, 0.29) is 6.09 Å². The quantitative estimate of drug-likeness (QED) is 0.178. The van der Waals surface area contributed by atoms with Gasteiger partial charge in [0.15, 0.2) is 0 Å². The van der Waals surface area contributed by atoms with Gasteiger partial charge in [0.1, 0.15) is 29.8 Å². The third kappa shape index (κ3) is 7.56. The van der Waals surface area contributed by atoms with E-state index in [2.05, 4.69) is 21.3 Å². The summed E-state index contributed by atoms with van der Waals surface area (Å²) < 4.78 is 18.0. The predicted octanol–water partition coefficient (Wildman–Crippen LogP) is 7.58. The molecule has 1 aliphatic rings. The molecule has 1 fully saturated rings. The first-order valence-electron chi connectivity index (χ1n) is 15.9. The summed E-state index contributed by atoms with van der Waals surface area (Å²) in [6.07, 6.45) is 1.29. The van der Waals surface area contributed by atoms with Gasteiger partial charge in [-0.05, 0) is 56.2 Å². The fourth-order valence-electron chi connectivity index (χ4n) is 5.68. The lowest BCUT2D eigenvalue weighted by atomic mass is 9.97. The standard InChI is InChI=1S/C38H39N5O4/c1-38(2,3)47-37(44)43-22-20-42(21-23-43)19-18-40-34-30(24-39)25-41-36-33(34)32(28-12-8-5-9-13-28)35(46-36)29-14-16-31(17-15-29)45-26-27-10-6-4-7-11-27/h4-17,25H,18-23,26H2,1-3H3,(H,40,41). The largest absolute Gasteiger partial charge is 0.489 e. The monoisotopic (exact) mass is 629 g/mol. The number of piperazine rings is 1. The molecule has 3 aromatic carbocycles. The summed E-state index contributed by atoms with van der Waals surface area (Å²) in [6, 6.07) is 30.3. The number of hydrogen-bond donors (Lipinski definition) is 1. The number of nitriles is 1. The van der Waals surface area contributed by atoms with E-state index in [1.54, 1.807) is 11.1 Å². The minimum Gasteiger partial charge on any atom is -0.489 e. The van der Waals surface area contributed by atoms with Crippen LogP contribution in [-0.4, -0.2) is 65.7 Å². The molecule has 1 aliphatic heterocycles. The summed E-state index contributed by atoms with van der Waals surface area (Å²) in [7, 11) is 0. The van der Waals surface area contributed by atoms with Crippen LogP contribution in [0.25, 0.3) is 33.6 Å². The number of rotatable bonds is 9. The highest BCUT2D eigenvalue weighted by atomic mass is 16.6. The van der Waals surface area contributed by atoms with Gasteiger partial charge < -0.3 is 24.1 Å². The van der Waals surface area contributed by atoms with Gasteiger partial charge in [0.25, 0.3) is 0 Å². The van der Waals surface area contributed by atoms with Crippen LogP contribution in [0.1, 0.15) is 31.9 Å². The van der Waals surface area contributed by atoms with Crippen LogP contribution in [-0.2, 0) is 11.3 Å². The molecule has 5 aromatic rings. The number of ether oxygens (including phenoxy) is 2. The van der Waals surface area contributed by atoms with E-state index >= 15 is 0 Å². The van der Waals surface area contributed by atoms with Crippen LogP contribution in [0.2, 0.25) is 0 Å². The molecular formula is C38H39N5O4. The summed E-state index contributed by atoms with van der Waals surface area (Å²) in [5.41, 5.74) is 4.89. The zero-order valence-electron chi connectivity index (χ0n) is 27.0. The van der Waals surface area contributed by atoms with Crippen LogP contribution >= 0.6 is 0 Å². The first kappa shape index (κ1) is 31.6. The van der Waals surface area contributed by atoms with Gasteiger partial charge in [0, 0.05) is 50.4 Å². The maximum absolute atomic E-state index is 12.5. The molecule has 0 radical (unpaired) electrons. The summed E-state index contributed by atoms with van der Waals surface area (Å²) in [6.45, 7) is 10.2. The fourth-order valence-corrected chi connectivity index (χ4v) is 5.68. The van der Waals surface area contributed by atoms with Crippen molar-refractivity contribution in [3.8, 4) is 34.3 Å². The molecule has 0 atom stereocenters. The smallest absolute Gasteiger partial charge is 0.410 e. The topological polar surface area (TPSA) is 104 Å². The summed E-state index contributed by atoms with van der Waals surface area (Å²) in [5, 5.41) is 14.4. The minimum atomic E-state index is -0.515. The predicted molar refractivity (Wildman–Crippen MR) is 183 cm³/mol. The van der Waals surface area contributed by atoms with Crippen LogP contribution in [0.5, 0.6) is 5.75 Å². The molecule has 1 N–H and O–H groups in total. The van der Waals surface area contributed by atoms with E-state index in [4.69, 9.17) is 13.9 Å². The van der Waals surface area contributed by atoms with Gasteiger partial charge in [0.05, 0.1) is 22.8 Å². The van der Waals surface area contributed by atoms with Crippen molar-refractivity contribution in [2.24, 2.45) is 0 Å². The number of carbonyl (C=O) groups excluding carboxylic acids is 1. The van der Waals surface area contributed by atoms with Gasteiger partial charge in [0.2, 0.25) is 5.71 Å². The molecule has 240 valence electrons. The molecular weight excluding hydrogens is 590 g/mol. The van der Waals surface area contributed by atoms with Crippen LogP contribution in [0.4, 0.5) is 10.5 Å². The maximum atomic E-state index is 12.5. The molecule has 9 nitrogen and oxygen atoms in total. The number of furan rings is 1. The second-order valence-electron chi connectivity index (χ2n) is 12.5. The number of nitrogens with zero attached hydrogens (tertiary/aromatic N) is 4. The summed E-state index contributed by atoms with van der Waals surface area (Å²) >= 11 is 0. The molecule has 0 saturated carbocycles. The second-order valence-corrected chi connectivity index (χ2v) is 12.5. The fraction of sp³-hybridized carbons (Fsp3) is 0.289. The molecule has 1 amide bonds. The average Bonchev–Trinajstić information content (AvgIpc) is 3.48. The number of nitrogens with one attached hydrogen (secondary N) is 1. The number of anilines is 1. The van der Waals surface area contributed by atoms with E-state index in [1.807, 2.05) is 106 Å². The normalized spacial score (nSPS) is 13.7. The Bertz CT molecular complexity index is 1850. The van der Waals surface area contributed by atoms with Crippen molar-refractivity contribution in [2.45, 2.75) is 33.0 Å². The molecule has 0 aliphatic carbocycles. The molecule has 1 saturated heterocycles. The number of hydrogen-bond acceptors (Lipinski definition) is 8. The van der Waals surface area contributed by atoms with Gasteiger partial charge in [-0.2, -0.15) is 5.26 Å². The molecule has 3 heterocycles. The van der Waals surface area contributed by atoms with E-state index < -0.39 is 5.60 Å². The van der Waals surface area contributed by atoms with Crippen molar-refractivity contribution in [1.29, 1.82) is 5.26 Å². The number of amides is 1. The number of aromatic nitrogens is 1. The Morgan fingerprint density at radius 1 is 0.936 bits per heavy atom. The SMILES string of the molecule is CC(C)(C)OC(=O)N1CCN(CCNc2c(C#N)cnc3oc(-c4ccc(OCc5ccccc5)cc4)c(-c4ccccc4)c23)CC1. The minimum absolute atomic E-state index is 0.272. The Morgan fingerprint density at radius 3 is 2.28 bits per heavy atom. The Labute approximate surface area is 275 Å². The zero-order valence-corrected chi connectivity index (χ0v) is 27.0. The summed E-state index contributed by atoms with van der Waals surface area (Å²) in [5.74, 6) is 1.43. The number of benzene rings is 3. The molecule has 0 spiro atoms. The zero-order chi connectivity index (χ0) is 32.8. The first-order valence-corrected chi connectivity index (χ1v) is 15.9.